The predicted octanol–water partition coefficient (Wildman–Crippen LogP) is 4.89. The molecule has 0 aliphatic heterocycles. The first kappa shape index (κ1) is 15.3. The summed E-state index contributed by atoms with van der Waals surface area (Å²) < 4.78 is 13.6. The summed E-state index contributed by atoms with van der Waals surface area (Å²) in [5.41, 5.74) is 1.13. The van der Waals surface area contributed by atoms with Crippen molar-refractivity contribution in [2.24, 2.45) is 0 Å². The number of aryl methyl sites for hydroxylation is 1. The molecule has 0 aliphatic rings. The molecule has 0 saturated carbocycles. The van der Waals surface area contributed by atoms with Crippen LogP contribution in [0.25, 0.3) is 0 Å². The average Bonchev–Trinajstić information content (AvgIpc) is 2.33. The Kier molecular flexibility index (Phi) is 4.38. The molecule has 20 heavy (non-hydrogen) atoms. The predicted molar refractivity (Wildman–Crippen MR) is 80.9 cm³/mol. The zero-order chi connectivity index (χ0) is 14.9. The van der Waals surface area contributed by atoms with Crippen molar-refractivity contribution >= 4 is 23.2 Å². The smallest absolute Gasteiger partial charge is 0.142 e. The van der Waals surface area contributed by atoms with E-state index in [1.165, 1.54) is 12.1 Å². The van der Waals surface area contributed by atoms with Gasteiger partial charge in [-0.2, -0.15) is 0 Å². The van der Waals surface area contributed by atoms with Gasteiger partial charge < -0.3 is 5.11 Å². The van der Waals surface area contributed by atoms with E-state index in [0.717, 1.165) is 11.1 Å². The summed E-state index contributed by atoms with van der Waals surface area (Å²) in [5, 5.41) is 10.8. The Hall–Kier alpha value is -1.09. The molecule has 0 heterocycles. The maximum Gasteiger partial charge on any atom is 0.142 e. The average molecular weight is 313 g/mol. The highest BCUT2D eigenvalue weighted by Crippen LogP contribution is 2.34. The molecular formula is C16H15Cl2FO. The van der Waals surface area contributed by atoms with Crippen LogP contribution in [0.2, 0.25) is 10.0 Å². The van der Waals surface area contributed by atoms with E-state index in [4.69, 9.17) is 23.2 Å². The van der Waals surface area contributed by atoms with Gasteiger partial charge in [-0.05, 0) is 31.5 Å². The number of hydrogen-bond donors (Lipinski definition) is 1. The summed E-state index contributed by atoms with van der Waals surface area (Å²) in [7, 11) is 0. The normalized spacial score (nSPS) is 14.1. The summed E-state index contributed by atoms with van der Waals surface area (Å²) in [6, 6.07) is 10.3. The number of hydrogen-bond acceptors (Lipinski definition) is 1. The number of aliphatic hydroxyl groups is 1. The van der Waals surface area contributed by atoms with Crippen molar-refractivity contribution in [1.29, 1.82) is 0 Å². The van der Waals surface area contributed by atoms with Gasteiger partial charge in [0, 0.05) is 17.0 Å². The lowest BCUT2D eigenvalue weighted by atomic mass is 9.88. The first-order valence-electron chi connectivity index (χ1n) is 6.22. The largest absolute Gasteiger partial charge is 0.385 e. The van der Waals surface area contributed by atoms with E-state index in [2.05, 4.69) is 0 Å². The van der Waals surface area contributed by atoms with Gasteiger partial charge in [0.1, 0.15) is 5.82 Å². The standard InChI is InChI=1S/C16H15Cl2FO/c1-10-4-3-5-11(6-10)9-16(2,20)12-7-15(19)14(18)8-13(12)17/h3-8,20H,9H2,1-2H3. The van der Waals surface area contributed by atoms with Gasteiger partial charge in [0.15, 0.2) is 0 Å². The van der Waals surface area contributed by atoms with Crippen molar-refractivity contribution in [3.63, 3.8) is 0 Å². The van der Waals surface area contributed by atoms with Crippen molar-refractivity contribution in [1.82, 2.24) is 0 Å². The van der Waals surface area contributed by atoms with Gasteiger partial charge in [0.25, 0.3) is 0 Å². The summed E-state index contributed by atoms with van der Waals surface area (Å²) in [5.74, 6) is -0.587. The van der Waals surface area contributed by atoms with E-state index in [1.807, 2.05) is 31.2 Å². The van der Waals surface area contributed by atoms with E-state index < -0.39 is 11.4 Å². The molecule has 1 N–H and O–H groups in total. The highest BCUT2D eigenvalue weighted by atomic mass is 35.5. The molecule has 0 amide bonds. The van der Waals surface area contributed by atoms with Crippen LogP contribution < -0.4 is 0 Å². The van der Waals surface area contributed by atoms with Crippen molar-refractivity contribution < 1.29 is 9.50 Å². The third kappa shape index (κ3) is 3.32. The first-order valence-corrected chi connectivity index (χ1v) is 6.98. The van der Waals surface area contributed by atoms with Crippen LogP contribution in [0.4, 0.5) is 4.39 Å². The van der Waals surface area contributed by atoms with E-state index in [0.29, 0.717) is 12.0 Å². The van der Waals surface area contributed by atoms with Crippen LogP contribution in [0, 0.1) is 12.7 Å². The first-order chi connectivity index (χ1) is 9.29. The third-order valence-corrected chi connectivity index (χ3v) is 3.82. The van der Waals surface area contributed by atoms with E-state index in [1.54, 1.807) is 6.92 Å². The Balaban J connectivity index is 2.37. The second-order valence-electron chi connectivity index (χ2n) is 5.19. The second kappa shape index (κ2) is 5.72. The van der Waals surface area contributed by atoms with Crippen LogP contribution in [-0.2, 0) is 12.0 Å². The van der Waals surface area contributed by atoms with Crippen LogP contribution in [-0.4, -0.2) is 5.11 Å². The fraction of sp³-hybridized carbons (Fsp3) is 0.250. The van der Waals surface area contributed by atoms with Gasteiger partial charge in [-0.3, -0.25) is 0 Å². The molecule has 1 unspecified atom stereocenters. The molecular weight excluding hydrogens is 298 g/mol. The lowest BCUT2D eigenvalue weighted by molar-refractivity contribution is 0.0574. The molecule has 106 valence electrons. The number of rotatable bonds is 3. The Bertz CT molecular complexity index is 638. The zero-order valence-electron chi connectivity index (χ0n) is 11.3. The number of benzene rings is 2. The Morgan fingerprint density at radius 3 is 2.50 bits per heavy atom. The van der Waals surface area contributed by atoms with Gasteiger partial charge in [0.2, 0.25) is 0 Å². The third-order valence-electron chi connectivity index (χ3n) is 3.22. The molecule has 0 bridgehead atoms. The van der Waals surface area contributed by atoms with E-state index in [9.17, 15) is 9.50 Å². The monoisotopic (exact) mass is 312 g/mol. The maximum atomic E-state index is 13.6. The summed E-state index contributed by atoms with van der Waals surface area (Å²) in [4.78, 5) is 0. The Morgan fingerprint density at radius 1 is 1.15 bits per heavy atom. The fourth-order valence-electron chi connectivity index (χ4n) is 2.25. The SMILES string of the molecule is Cc1cccc(CC(C)(O)c2cc(F)c(Cl)cc2Cl)c1. The van der Waals surface area contributed by atoms with Crippen molar-refractivity contribution in [2.75, 3.05) is 0 Å². The van der Waals surface area contributed by atoms with Gasteiger partial charge in [0.05, 0.1) is 10.6 Å². The molecule has 2 rings (SSSR count). The fourth-order valence-corrected chi connectivity index (χ4v) is 2.84. The molecule has 4 heteroatoms. The molecule has 0 saturated heterocycles. The topological polar surface area (TPSA) is 20.2 Å². The lowest BCUT2D eigenvalue weighted by Gasteiger charge is -2.25. The van der Waals surface area contributed by atoms with E-state index in [-0.39, 0.29) is 10.0 Å². The molecule has 0 fully saturated rings. The van der Waals surface area contributed by atoms with Crippen LogP contribution >= 0.6 is 23.2 Å². The minimum atomic E-state index is -1.27. The van der Waals surface area contributed by atoms with Crippen molar-refractivity contribution in [3.05, 3.63) is 69.0 Å². The molecule has 0 radical (unpaired) electrons. The van der Waals surface area contributed by atoms with Crippen LogP contribution in [0.5, 0.6) is 0 Å². The van der Waals surface area contributed by atoms with Crippen LogP contribution in [0.1, 0.15) is 23.6 Å². The summed E-state index contributed by atoms with van der Waals surface area (Å²) >= 11 is 11.7. The lowest BCUT2D eigenvalue weighted by Crippen LogP contribution is -2.25. The van der Waals surface area contributed by atoms with Crippen LogP contribution in [0.3, 0.4) is 0 Å². The zero-order valence-corrected chi connectivity index (χ0v) is 12.8. The summed E-state index contributed by atoms with van der Waals surface area (Å²) in [6.07, 6.45) is 0.343. The van der Waals surface area contributed by atoms with E-state index >= 15 is 0 Å². The molecule has 2 aromatic carbocycles. The molecule has 0 spiro atoms. The van der Waals surface area contributed by atoms with Gasteiger partial charge in [-0.15, -0.1) is 0 Å². The Labute approximate surface area is 128 Å². The summed E-state index contributed by atoms with van der Waals surface area (Å²) in [6.45, 7) is 3.59. The van der Waals surface area contributed by atoms with Gasteiger partial charge >= 0.3 is 0 Å². The highest BCUT2D eigenvalue weighted by Gasteiger charge is 2.27. The minimum absolute atomic E-state index is 0.0508. The number of halogens is 3. The second-order valence-corrected chi connectivity index (χ2v) is 6.00. The van der Waals surface area contributed by atoms with Gasteiger partial charge in [-0.1, -0.05) is 53.0 Å². The quantitative estimate of drug-likeness (QED) is 0.800. The van der Waals surface area contributed by atoms with Crippen molar-refractivity contribution in [3.8, 4) is 0 Å². The molecule has 1 atom stereocenters. The van der Waals surface area contributed by atoms with Crippen LogP contribution in [0.15, 0.2) is 36.4 Å². The molecule has 2 aromatic rings. The Morgan fingerprint density at radius 2 is 1.85 bits per heavy atom. The van der Waals surface area contributed by atoms with Crippen molar-refractivity contribution in [2.45, 2.75) is 25.9 Å². The maximum absolute atomic E-state index is 13.6. The van der Waals surface area contributed by atoms with Gasteiger partial charge in [-0.25, -0.2) is 4.39 Å². The minimum Gasteiger partial charge on any atom is -0.385 e. The highest BCUT2D eigenvalue weighted by molar-refractivity contribution is 6.35. The molecule has 0 aliphatic carbocycles. The molecule has 0 aromatic heterocycles. The molecule has 1 nitrogen and oxygen atoms in total.